The smallest absolute Gasteiger partial charge is 0.311 e. The first-order chi connectivity index (χ1) is 12.4. The van der Waals surface area contributed by atoms with Crippen LogP contribution in [0.5, 0.6) is 0 Å². The molecule has 1 aromatic carbocycles. The fraction of sp³-hybridized carbons (Fsp3) is 0.571. The van der Waals surface area contributed by atoms with Crippen molar-refractivity contribution in [1.82, 2.24) is 9.80 Å². The van der Waals surface area contributed by atoms with E-state index in [2.05, 4.69) is 42.8 Å². The van der Waals surface area contributed by atoms with Gasteiger partial charge in [-0.05, 0) is 70.9 Å². The van der Waals surface area contributed by atoms with E-state index in [1.54, 1.807) is 0 Å². The molecule has 0 spiro atoms. The van der Waals surface area contributed by atoms with Crippen molar-refractivity contribution in [3.63, 3.8) is 0 Å². The number of furan rings is 1. The average Bonchev–Trinajstić information content (AvgIpc) is 2.91. The lowest BCUT2D eigenvalue weighted by atomic mass is 9.68. The Labute approximate surface area is 154 Å². The van der Waals surface area contributed by atoms with Gasteiger partial charge < -0.3 is 14.4 Å². The zero-order valence-electron chi connectivity index (χ0n) is 15.9. The van der Waals surface area contributed by atoms with Crippen molar-refractivity contribution in [3.05, 3.63) is 35.1 Å². The maximum atomic E-state index is 12.1. The Kier molecular flexibility index (Phi) is 4.32. The third-order valence-corrected chi connectivity index (χ3v) is 6.59. The normalized spacial score (nSPS) is 27.6. The molecule has 3 heterocycles. The molecule has 5 heteroatoms. The largest absolute Gasteiger partial charge is 0.481 e. The van der Waals surface area contributed by atoms with Gasteiger partial charge in [-0.3, -0.25) is 9.69 Å². The summed E-state index contributed by atoms with van der Waals surface area (Å²) in [5, 5.41) is 11.1. The van der Waals surface area contributed by atoms with Crippen molar-refractivity contribution in [2.75, 3.05) is 26.7 Å². The summed E-state index contributed by atoms with van der Waals surface area (Å²) in [6.07, 6.45) is 2.49. The molecule has 0 unspecified atom stereocenters. The first kappa shape index (κ1) is 17.6. The van der Waals surface area contributed by atoms with Crippen LogP contribution < -0.4 is 0 Å². The summed E-state index contributed by atoms with van der Waals surface area (Å²) in [5.41, 5.74) is 2.80. The number of aliphatic carboxylic acids is 1. The average molecular weight is 356 g/mol. The lowest BCUT2D eigenvalue weighted by molar-refractivity contribution is -0.162. The lowest BCUT2D eigenvalue weighted by Gasteiger charge is -2.51. The van der Waals surface area contributed by atoms with E-state index in [4.69, 9.17) is 4.42 Å². The monoisotopic (exact) mass is 356 g/mol. The van der Waals surface area contributed by atoms with Crippen LogP contribution in [0.25, 0.3) is 11.0 Å². The highest BCUT2D eigenvalue weighted by molar-refractivity contribution is 5.82. The minimum absolute atomic E-state index is 0.0782. The molecule has 26 heavy (non-hydrogen) atoms. The molecule has 5 nitrogen and oxygen atoms in total. The lowest BCUT2D eigenvalue weighted by Crippen LogP contribution is -2.62. The molecule has 2 aromatic rings. The predicted octanol–water partition coefficient (Wildman–Crippen LogP) is 3.42. The van der Waals surface area contributed by atoms with Crippen LogP contribution in [-0.4, -0.2) is 53.6 Å². The van der Waals surface area contributed by atoms with E-state index in [1.807, 2.05) is 6.07 Å². The number of aryl methyl sites for hydroxylation is 2. The van der Waals surface area contributed by atoms with Crippen molar-refractivity contribution in [2.45, 2.75) is 45.7 Å². The Balaban J connectivity index is 1.57. The molecular formula is C21H28N2O3. The molecule has 2 aliphatic heterocycles. The topological polar surface area (TPSA) is 56.9 Å². The molecule has 0 saturated carbocycles. The van der Waals surface area contributed by atoms with Crippen LogP contribution >= 0.6 is 0 Å². The summed E-state index contributed by atoms with van der Waals surface area (Å²) in [6.45, 7) is 7.56. The van der Waals surface area contributed by atoms with Gasteiger partial charge >= 0.3 is 5.97 Å². The van der Waals surface area contributed by atoms with E-state index < -0.39 is 11.4 Å². The highest BCUT2D eigenvalue weighted by Crippen LogP contribution is 2.42. The second-order valence-corrected chi connectivity index (χ2v) is 8.20. The number of hydrogen-bond donors (Lipinski definition) is 1. The molecular weight excluding hydrogens is 328 g/mol. The molecule has 0 amide bonds. The number of fused-ring (bicyclic) bond motifs is 2. The standard InChI is InChI=1S/C21H28N2O3/c1-14-5-6-17-16(11-14)15(2)18(26-17)12-23-10-8-21(20(24)25)7-4-9-22(3)19(21)13-23/h5-6,11,19H,4,7-10,12-13H2,1-3H3,(H,24,25)/t19-,21+/m1/s1. The number of nitrogens with zero attached hydrogens (tertiary/aromatic N) is 2. The van der Waals surface area contributed by atoms with E-state index in [1.165, 1.54) is 16.5 Å². The number of piperidine rings is 2. The molecule has 0 bridgehead atoms. The van der Waals surface area contributed by atoms with Gasteiger partial charge in [-0.25, -0.2) is 0 Å². The second kappa shape index (κ2) is 6.39. The molecule has 1 aromatic heterocycles. The van der Waals surface area contributed by atoms with E-state index in [9.17, 15) is 9.90 Å². The highest BCUT2D eigenvalue weighted by Gasteiger charge is 2.52. The van der Waals surface area contributed by atoms with E-state index >= 15 is 0 Å². The van der Waals surface area contributed by atoms with Crippen LogP contribution in [0.3, 0.4) is 0 Å². The summed E-state index contributed by atoms with van der Waals surface area (Å²) < 4.78 is 6.12. The maximum absolute atomic E-state index is 12.1. The molecule has 1 N–H and O–H groups in total. The Morgan fingerprint density at radius 2 is 2.12 bits per heavy atom. The van der Waals surface area contributed by atoms with Gasteiger partial charge in [0.1, 0.15) is 11.3 Å². The summed E-state index contributed by atoms with van der Waals surface area (Å²) in [5.74, 6) is 0.385. The number of likely N-dealkylation sites (tertiary alicyclic amines) is 2. The van der Waals surface area contributed by atoms with Gasteiger partial charge in [0.25, 0.3) is 0 Å². The Bertz CT molecular complexity index is 843. The van der Waals surface area contributed by atoms with Gasteiger partial charge in [0.2, 0.25) is 0 Å². The molecule has 0 radical (unpaired) electrons. The van der Waals surface area contributed by atoms with Crippen molar-refractivity contribution < 1.29 is 14.3 Å². The zero-order valence-corrected chi connectivity index (χ0v) is 15.9. The van der Waals surface area contributed by atoms with Gasteiger partial charge in [-0.2, -0.15) is 0 Å². The number of likely N-dealkylation sites (N-methyl/N-ethyl adjacent to an activating group) is 1. The van der Waals surface area contributed by atoms with Crippen LogP contribution in [0.15, 0.2) is 22.6 Å². The summed E-state index contributed by atoms with van der Waals surface area (Å²) >= 11 is 0. The quantitative estimate of drug-likeness (QED) is 0.913. The number of benzene rings is 1. The van der Waals surface area contributed by atoms with Crippen LogP contribution in [0.1, 0.15) is 36.1 Å². The fourth-order valence-electron chi connectivity index (χ4n) is 4.93. The van der Waals surface area contributed by atoms with Crippen LogP contribution in [0, 0.1) is 19.3 Å². The summed E-state index contributed by atoms with van der Waals surface area (Å²) in [7, 11) is 2.07. The second-order valence-electron chi connectivity index (χ2n) is 8.20. The number of carboxylic acid groups (broad SMARTS) is 1. The van der Waals surface area contributed by atoms with Gasteiger partial charge in [0.15, 0.2) is 0 Å². The SMILES string of the molecule is Cc1ccc2oc(CN3CC[C@@]4(C(=O)O)CCCN(C)[C@@H]4C3)c(C)c2c1. The fourth-order valence-corrected chi connectivity index (χ4v) is 4.93. The van der Waals surface area contributed by atoms with E-state index in [-0.39, 0.29) is 6.04 Å². The summed E-state index contributed by atoms with van der Waals surface area (Å²) in [4.78, 5) is 16.7. The first-order valence-electron chi connectivity index (χ1n) is 9.55. The van der Waals surface area contributed by atoms with Crippen LogP contribution in [0.2, 0.25) is 0 Å². The van der Waals surface area contributed by atoms with Crippen molar-refractivity contribution in [3.8, 4) is 0 Å². The molecule has 0 aliphatic carbocycles. The van der Waals surface area contributed by atoms with Gasteiger partial charge in [0, 0.05) is 18.0 Å². The van der Waals surface area contributed by atoms with Gasteiger partial charge in [-0.15, -0.1) is 0 Å². The van der Waals surface area contributed by atoms with Crippen molar-refractivity contribution >= 4 is 16.9 Å². The van der Waals surface area contributed by atoms with Crippen LogP contribution in [-0.2, 0) is 11.3 Å². The minimum atomic E-state index is -0.621. The molecule has 140 valence electrons. The Hall–Kier alpha value is -1.85. The third kappa shape index (κ3) is 2.74. The van der Waals surface area contributed by atoms with Gasteiger partial charge in [0.05, 0.1) is 12.0 Å². The highest BCUT2D eigenvalue weighted by atomic mass is 16.4. The number of rotatable bonds is 3. The van der Waals surface area contributed by atoms with Crippen molar-refractivity contribution in [1.29, 1.82) is 0 Å². The number of hydrogen-bond acceptors (Lipinski definition) is 4. The molecule has 2 atom stereocenters. The Morgan fingerprint density at radius 3 is 2.88 bits per heavy atom. The first-order valence-corrected chi connectivity index (χ1v) is 9.55. The minimum Gasteiger partial charge on any atom is -0.481 e. The predicted molar refractivity (Wildman–Crippen MR) is 101 cm³/mol. The molecule has 2 fully saturated rings. The molecule has 2 saturated heterocycles. The molecule has 4 rings (SSSR count). The zero-order chi connectivity index (χ0) is 18.5. The van der Waals surface area contributed by atoms with Gasteiger partial charge in [-0.1, -0.05) is 11.6 Å². The summed E-state index contributed by atoms with van der Waals surface area (Å²) in [6, 6.07) is 6.38. The number of carboxylic acids is 1. The van der Waals surface area contributed by atoms with E-state index in [0.717, 1.165) is 56.8 Å². The maximum Gasteiger partial charge on any atom is 0.311 e. The van der Waals surface area contributed by atoms with Crippen molar-refractivity contribution in [2.24, 2.45) is 5.41 Å². The van der Waals surface area contributed by atoms with Crippen LogP contribution in [0.4, 0.5) is 0 Å². The Morgan fingerprint density at radius 1 is 1.31 bits per heavy atom. The molecule has 2 aliphatic rings. The number of carbonyl (C=O) groups is 1. The third-order valence-electron chi connectivity index (χ3n) is 6.59. The van der Waals surface area contributed by atoms with E-state index in [0.29, 0.717) is 0 Å².